The molecule has 1 saturated carbocycles. The van der Waals surface area contributed by atoms with E-state index in [4.69, 9.17) is 10.2 Å². The Kier molecular flexibility index (Phi) is 7.68. The number of rotatable bonds is 6. The van der Waals surface area contributed by atoms with Crippen LogP contribution in [-0.4, -0.2) is 39.5 Å². The molecule has 0 amide bonds. The van der Waals surface area contributed by atoms with Crippen LogP contribution >= 0.6 is 0 Å². The molecule has 1 aliphatic carbocycles. The molecule has 30 heavy (non-hydrogen) atoms. The van der Waals surface area contributed by atoms with Gasteiger partial charge in [-0.15, -0.1) is 0 Å². The van der Waals surface area contributed by atoms with Crippen molar-refractivity contribution in [3.05, 3.63) is 29.6 Å². The summed E-state index contributed by atoms with van der Waals surface area (Å²) in [4.78, 5) is 2.61. The third-order valence-corrected chi connectivity index (χ3v) is 12.5. The Balaban J connectivity index is 1.38. The van der Waals surface area contributed by atoms with Crippen molar-refractivity contribution in [2.75, 3.05) is 32.0 Å². The van der Waals surface area contributed by atoms with Crippen molar-refractivity contribution in [2.24, 2.45) is 11.8 Å². The summed E-state index contributed by atoms with van der Waals surface area (Å²) < 4.78 is 20.7. The number of benzene rings is 1. The first-order valence-corrected chi connectivity index (χ1v) is 14.9. The molecule has 1 saturated heterocycles. The number of nitrogens with zero attached hydrogens (tertiary/aromatic N) is 1. The zero-order chi connectivity index (χ0) is 21.9. The number of halogens is 1. The minimum Gasteiger partial charge on any atom is -0.417 e. The van der Waals surface area contributed by atoms with E-state index in [2.05, 4.69) is 38.8 Å². The molecule has 1 aromatic carbocycles. The Bertz CT molecular complexity index is 687. The van der Waals surface area contributed by atoms with Gasteiger partial charge in [-0.2, -0.15) is 0 Å². The molecule has 1 heterocycles. The molecule has 0 unspecified atom stereocenters. The van der Waals surface area contributed by atoms with E-state index in [1.54, 1.807) is 0 Å². The number of hydrogen-bond donors (Lipinski definition) is 1. The molecule has 1 aromatic rings. The zero-order valence-electron chi connectivity index (χ0n) is 19.8. The van der Waals surface area contributed by atoms with E-state index in [9.17, 15) is 4.39 Å². The molecule has 170 valence electrons. The molecule has 3 rings (SSSR count). The summed E-state index contributed by atoms with van der Waals surface area (Å²) in [5.74, 6) is 1.77. The number of hydrogen-bond acceptors (Lipinski definition) is 3. The highest BCUT2D eigenvalue weighted by molar-refractivity contribution is 6.74. The van der Waals surface area contributed by atoms with E-state index in [-0.39, 0.29) is 5.82 Å². The quantitative estimate of drug-likeness (QED) is 0.415. The van der Waals surface area contributed by atoms with Gasteiger partial charge in [-0.3, -0.25) is 0 Å². The topological polar surface area (TPSA) is 38.5 Å². The van der Waals surface area contributed by atoms with Gasteiger partial charge in [0.05, 0.1) is 0 Å². The Morgan fingerprint density at radius 3 is 2.20 bits per heavy atom. The minimum absolute atomic E-state index is 0.133. The van der Waals surface area contributed by atoms with Crippen molar-refractivity contribution in [1.82, 2.24) is 4.90 Å². The maximum atomic E-state index is 14.2. The minimum atomic E-state index is -1.62. The average molecular weight is 435 g/mol. The summed E-state index contributed by atoms with van der Waals surface area (Å²) >= 11 is 0. The summed E-state index contributed by atoms with van der Waals surface area (Å²) in [5.41, 5.74) is 7.06. The highest BCUT2D eigenvalue weighted by Crippen LogP contribution is 2.38. The number of likely N-dealkylation sites (tertiary alicyclic amines) is 1. The van der Waals surface area contributed by atoms with Gasteiger partial charge in [-0.05, 0) is 105 Å². The Hall–Kier alpha value is -0.913. The first-order chi connectivity index (χ1) is 14.0. The predicted octanol–water partition coefficient (Wildman–Crippen LogP) is 6.42. The maximum Gasteiger partial charge on any atom is 0.191 e. The molecular formula is C25H43FN2OSi. The lowest BCUT2D eigenvalue weighted by Gasteiger charge is -2.39. The number of nitrogen functional groups attached to an aromatic ring is 1. The largest absolute Gasteiger partial charge is 0.417 e. The first kappa shape index (κ1) is 23.7. The lowest BCUT2D eigenvalue weighted by Crippen LogP contribution is -2.42. The van der Waals surface area contributed by atoms with Crippen LogP contribution in [0.5, 0.6) is 0 Å². The summed E-state index contributed by atoms with van der Waals surface area (Å²) in [5, 5.41) is 0.297. The van der Waals surface area contributed by atoms with E-state index in [0.29, 0.717) is 16.6 Å². The van der Waals surface area contributed by atoms with Crippen LogP contribution in [0.2, 0.25) is 18.1 Å². The molecule has 1 aliphatic heterocycles. The zero-order valence-corrected chi connectivity index (χ0v) is 20.8. The SMILES string of the molecule is CC(C)(C)[Si](C)(C)OC[C@H]1CC[C@H](CN2CCC(c3ccc(N)cc3F)CC2)CC1. The van der Waals surface area contributed by atoms with Crippen molar-refractivity contribution < 1.29 is 8.82 Å². The summed E-state index contributed by atoms with van der Waals surface area (Å²) in [6, 6.07) is 5.19. The van der Waals surface area contributed by atoms with Crippen molar-refractivity contribution >= 4 is 14.0 Å². The fourth-order valence-corrected chi connectivity index (χ4v) is 5.87. The van der Waals surface area contributed by atoms with Crippen molar-refractivity contribution in [1.29, 1.82) is 0 Å². The molecule has 0 spiro atoms. The van der Waals surface area contributed by atoms with Crippen LogP contribution in [-0.2, 0) is 4.43 Å². The molecule has 0 aromatic heterocycles. The fraction of sp³-hybridized carbons (Fsp3) is 0.760. The summed E-state index contributed by atoms with van der Waals surface area (Å²) in [6.45, 7) is 16.0. The number of anilines is 1. The number of piperidine rings is 1. The normalized spacial score (nSPS) is 24.9. The first-order valence-electron chi connectivity index (χ1n) is 12.0. The lowest BCUT2D eigenvalue weighted by molar-refractivity contribution is 0.129. The van der Waals surface area contributed by atoms with Gasteiger partial charge in [0.1, 0.15) is 5.82 Å². The molecule has 0 atom stereocenters. The second-order valence-electron chi connectivity index (χ2n) is 11.3. The van der Waals surface area contributed by atoms with Crippen LogP contribution < -0.4 is 5.73 Å². The van der Waals surface area contributed by atoms with Crippen LogP contribution in [0.4, 0.5) is 10.1 Å². The number of nitrogens with two attached hydrogens (primary N) is 1. The molecule has 0 bridgehead atoms. The Labute approximate surface area is 184 Å². The van der Waals surface area contributed by atoms with Gasteiger partial charge in [0.15, 0.2) is 8.32 Å². The van der Waals surface area contributed by atoms with Gasteiger partial charge >= 0.3 is 0 Å². The van der Waals surface area contributed by atoms with Gasteiger partial charge in [0, 0.05) is 18.8 Å². The third kappa shape index (κ3) is 6.07. The van der Waals surface area contributed by atoms with E-state index < -0.39 is 8.32 Å². The third-order valence-electron chi connectivity index (χ3n) is 8.02. The second kappa shape index (κ2) is 9.70. The van der Waals surface area contributed by atoms with E-state index in [1.807, 2.05) is 12.1 Å². The highest BCUT2D eigenvalue weighted by atomic mass is 28.4. The van der Waals surface area contributed by atoms with E-state index >= 15 is 0 Å². The standard InChI is InChI=1S/C25H43FN2OSi/c1-25(2,3)30(4,5)29-18-20-8-6-19(7-9-20)17-28-14-12-21(13-15-28)23-11-10-22(27)16-24(23)26/h10-11,16,19-21H,6-9,12-15,17-18,27H2,1-5H3/t19-,20-. The van der Waals surface area contributed by atoms with Gasteiger partial charge in [0.25, 0.3) is 0 Å². The summed E-state index contributed by atoms with van der Waals surface area (Å²) in [7, 11) is -1.62. The van der Waals surface area contributed by atoms with Gasteiger partial charge < -0.3 is 15.1 Å². The van der Waals surface area contributed by atoms with Gasteiger partial charge in [0.2, 0.25) is 0 Å². The summed E-state index contributed by atoms with van der Waals surface area (Å²) in [6.07, 6.45) is 7.39. The van der Waals surface area contributed by atoms with Crippen molar-refractivity contribution in [2.45, 2.75) is 83.3 Å². The second-order valence-corrected chi connectivity index (χ2v) is 16.1. The van der Waals surface area contributed by atoms with Crippen LogP contribution in [0.1, 0.15) is 70.8 Å². The predicted molar refractivity (Wildman–Crippen MR) is 128 cm³/mol. The smallest absolute Gasteiger partial charge is 0.191 e. The van der Waals surface area contributed by atoms with Crippen molar-refractivity contribution in [3.8, 4) is 0 Å². The van der Waals surface area contributed by atoms with Crippen molar-refractivity contribution in [3.63, 3.8) is 0 Å². The Morgan fingerprint density at radius 1 is 1.03 bits per heavy atom. The fourth-order valence-electron chi connectivity index (χ4n) is 4.79. The molecule has 3 nitrogen and oxygen atoms in total. The Morgan fingerprint density at radius 2 is 1.63 bits per heavy atom. The van der Waals surface area contributed by atoms with E-state index in [1.165, 1.54) is 38.3 Å². The molecule has 2 N–H and O–H groups in total. The lowest BCUT2D eigenvalue weighted by atomic mass is 9.81. The van der Waals surface area contributed by atoms with Gasteiger partial charge in [-0.25, -0.2) is 4.39 Å². The average Bonchev–Trinajstić information content (AvgIpc) is 2.67. The molecule has 2 aliphatic rings. The van der Waals surface area contributed by atoms with Crippen LogP contribution in [0.25, 0.3) is 0 Å². The molecule has 5 heteroatoms. The van der Waals surface area contributed by atoms with Crippen LogP contribution in [0, 0.1) is 17.7 Å². The molecule has 2 fully saturated rings. The van der Waals surface area contributed by atoms with Crippen LogP contribution in [0.3, 0.4) is 0 Å². The molecular weight excluding hydrogens is 391 g/mol. The van der Waals surface area contributed by atoms with E-state index in [0.717, 1.165) is 49.9 Å². The highest BCUT2D eigenvalue weighted by Gasteiger charge is 2.38. The van der Waals surface area contributed by atoms with Gasteiger partial charge in [-0.1, -0.05) is 26.8 Å². The monoisotopic (exact) mass is 434 g/mol. The maximum absolute atomic E-state index is 14.2. The van der Waals surface area contributed by atoms with Crippen LogP contribution in [0.15, 0.2) is 18.2 Å². The molecule has 0 radical (unpaired) electrons.